The van der Waals surface area contributed by atoms with Crippen LogP contribution in [0, 0.1) is 17.8 Å². The lowest BCUT2D eigenvalue weighted by Gasteiger charge is -2.29. The van der Waals surface area contributed by atoms with Gasteiger partial charge in [0.1, 0.15) is 5.60 Å². The molecule has 0 aromatic heterocycles. The van der Waals surface area contributed by atoms with Crippen LogP contribution in [0.15, 0.2) is 0 Å². The van der Waals surface area contributed by atoms with Crippen molar-refractivity contribution in [3.05, 3.63) is 0 Å². The Balaban J connectivity index is 1.69. The summed E-state index contributed by atoms with van der Waals surface area (Å²) >= 11 is 0. The smallest absolute Gasteiger partial charge is 0.407 e. The van der Waals surface area contributed by atoms with Gasteiger partial charge in [0.15, 0.2) is 0 Å². The van der Waals surface area contributed by atoms with E-state index in [1.54, 1.807) is 0 Å². The van der Waals surface area contributed by atoms with Crippen LogP contribution in [0.1, 0.15) is 72.6 Å². The quantitative estimate of drug-likeness (QED) is 0.800. The molecule has 2 fully saturated rings. The van der Waals surface area contributed by atoms with Gasteiger partial charge in [0.25, 0.3) is 0 Å². The molecule has 0 bridgehead atoms. The lowest BCUT2D eigenvalue weighted by atomic mass is 9.82. The Morgan fingerprint density at radius 1 is 1.09 bits per heavy atom. The second-order valence-corrected chi connectivity index (χ2v) is 8.73. The number of alkyl carbamates (subject to hydrolysis) is 1. The Hall–Kier alpha value is -0.770. The van der Waals surface area contributed by atoms with Crippen molar-refractivity contribution in [2.45, 2.75) is 84.3 Å². The second kappa shape index (κ2) is 8.36. The average Bonchev–Trinajstić information content (AvgIpc) is 2.88. The van der Waals surface area contributed by atoms with Crippen molar-refractivity contribution < 1.29 is 9.53 Å². The summed E-state index contributed by atoms with van der Waals surface area (Å²) in [5.74, 6) is 2.28. The number of rotatable bonds is 5. The average molecular weight is 325 g/mol. The third kappa shape index (κ3) is 6.70. The lowest BCUT2D eigenvalue weighted by Crippen LogP contribution is -2.42. The first-order valence-electron chi connectivity index (χ1n) is 9.53. The van der Waals surface area contributed by atoms with Gasteiger partial charge in [-0.2, -0.15) is 0 Å². The molecule has 23 heavy (non-hydrogen) atoms. The number of ether oxygens (including phenoxy) is 1. The van der Waals surface area contributed by atoms with Crippen LogP contribution < -0.4 is 10.6 Å². The molecule has 4 atom stereocenters. The highest BCUT2D eigenvalue weighted by molar-refractivity contribution is 5.67. The molecule has 4 nitrogen and oxygen atoms in total. The van der Waals surface area contributed by atoms with Gasteiger partial charge in [-0.25, -0.2) is 4.79 Å². The number of carbonyl (C=O) groups excluding carboxylic acids is 1. The zero-order valence-electron chi connectivity index (χ0n) is 15.5. The molecule has 0 heterocycles. The van der Waals surface area contributed by atoms with Crippen molar-refractivity contribution in [2.75, 3.05) is 13.1 Å². The zero-order valence-corrected chi connectivity index (χ0v) is 15.5. The minimum Gasteiger partial charge on any atom is -0.444 e. The second-order valence-electron chi connectivity index (χ2n) is 8.73. The number of carbonyl (C=O) groups is 1. The SMILES string of the molecule is CC1CCCC(CNC2CCCC2CNC(=O)OC(C)(C)C)C1. The summed E-state index contributed by atoms with van der Waals surface area (Å²) in [5, 5.41) is 6.76. The molecule has 1 amide bonds. The van der Waals surface area contributed by atoms with Gasteiger partial charge in [-0.1, -0.05) is 26.2 Å². The topological polar surface area (TPSA) is 50.4 Å². The van der Waals surface area contributed by atoms with E-state index in [0.717, 1.165) is 24.9 Å². The molecule has 4 unspecified atom stereocenters. The van der Waals surface area contributed by atoms with Gasteiger partial charge >= 0.3 is 6.09 Å². The van der Waals surface area contributed by atoms with Crippen molar-refractivity contribution in [3.8, 4) is 0 Å². The van der Waals surface area contributed by atoms with Crippen LogP contribution in [0.3, 0.4) is 0 Å². The fraction of sp³-hybridized carbons (Fsp3) is 0.947. The minimum atomic E-state index is -0.422. The number of hydrogen-bond acceptors (Lipinski definition) is 3. The molecule has 2 aliphatic rings. The molecule has 2 rings (SSSR count). The first kappa shape index (κ1) is 18.6. The van der Waals surface area contributed by atoms with E-state index < -0.39 is 5.60 Å². The molecule has 2 aliphatic carbocycles. The minimum absolute atomic E-state index is 0.288. The Morgan fingerprint density at radius 2 is 1.83 bits per heavy atom. The molecule has 4 heteroatoms. The maximum Gasteiger partial charge on any atom is 0.407 e. The third-order valence-electron chi connectivity index (χ3n) is 5.28. The van der Waals surface area contributed by atoms with Crippen molar-refractivity contribution in [1.82, 2.24) is 10.6 Å². The monoisotopic (exact) mass is 324 g/mol. The van der Waals surface area contributed by atoms with Crippen LogP contribution >= 0.6 is 0 Å². The Morgan fingerprint density at radius 3 is 2.52 bits per heavy atom. The number of hydrogen-bond donors (Lipinski definition) is 2. The standard InChI is InChI=1S/C19H36N2O2/c1-14-7-5-8-15(11-14)12-20-17-10-6-9-16(17)13-21-18(22)23-19(2,3)4/h14-17,20H,5-13H2,1-4H3,(H,21,22). The molecule has 0 aromatic carbocycles. The lowest BCUT2D eigenvalue weighted by molar-refractivity contribution is 0.0517. The molecule has 134 valence electrons. The molecular formula is C19H36N2O2. The van der Waals surface area contributed by atoms with E-state index in [4.69, 9.17) is 4.74 Å². The summed E-state index contributed by atoms with van der Waals surface area (Å²) in [5.41, 5.74) is -0.422. The van der Waals surface area contributed by atoms with Crippen LogP contribution in [-0.2, 0) is 4.74 Å². The molecular weight excluding hydrogens is 288 g/mol. The molecule has 0 saturated heterocycles. The largest absolute Gasteiger partial charge is 0.444 e. The predicted molar refractivity (Wildman–Crippen MR) is 94.5 cm³/mol. The van der Waals surface area contributed by atoms with Crippen molar-refractivity contribution in [2.24, 2.45) is 17.8 Å². The third-order valence-corrected chi connectivity index (χ3v) is 5.28. The molecule has 0 radical (unpaired) electrons. The number of amides is 1. The van der Waals surface area contributed by atoms with Gasteiger partial charge in [-0.15, -0.1) is 0 Å². The number of nitrogens with one attached hydrogen (secondary N) is 2. The van der Waals surface area contributed by atoms with Gasteiger partial charge in [-0.05, 0) is 70.8 Å². The van der Waals surface area contributed by atoms with E-state index in [1.165, 1.54) is 44.9 Å². The fourth-order valence-electron chi connectivity index (χ4n) is 4.14. The summed E-state index contributed by atoms with van der Waals surface area (Å²) in [6.45, 7) is 9.97. The highest BCUT2D eigenvalue weighted by atomic mass is 16.6. The molecule has 0 aromatic rings. The van der Waals surface area contributed by atoms with Crippen LogP contribution in [0.5, 0.6) is 0 Å². The Kier molecular flexibility index (Phi) is 6.75. The van der Waals surface area contributed by atoms with Gasteiger partial charge in [0.2, 0.25) is 0 Å². The van der Waals surface area contributed by atoms with Crippen LogP contribution in [0.4, 0.5) is 4.79 Å². The molecule has 2 N–H and O–H groups in total. The van der Waals surface area contributed by atoms with E-state index in [9.17, 15) is 4.79 Å². The van der Waals surface area contributed by atoms with Gasteiger partial charge in [-0.3, -0.25) is 0 Å². The predicted octanol–water partition coefficient (Wildman–Crippen LogP) is 4.10. The van der Waals surface area contributed by atoms with Crippen molar-refractivity contribution >= 4 is 6.09 Å². The summed E-state index contributed by atoms with van der Waals surface area (Å²) in [4.78, 5) is 11.8. The van der Waals surface area contributed by atoms with E-state index in [2.05, 4.69) is 17.6 Å². The summed E-state index contributed by atoms with van der Waals surface area (Å²) < 4.78 is 5.33. The first-order valence-corrected chi connectivity index (χ1v) is 9.53. The van der Waals surface area contributed by atoms with Crippen LogP contribution in [-0.4, -0.2) is 30.8 Å². The van der Waals surface area contributed by atoms with Gasteiger partial charge < -0.3 is 15.4 Å². The fourth-order valence-corrected chi connectivity index (χ4v) is 4.14. The summed E-state index contributed by atoms with van der Waals surface area (Å²) in [7, 11) is 0. The maximum atomic E-state index is 11.8. The summed E-state index contributed by atoms with van der Waals surface area (Å²) in [6, 6.07) is 0.558. The Bertz CT molecular complexity index is 378. The Labute approximate surface area is 142 Å². The zero-order chi connectivity index (χ0) is 16.9. The van der Waals surface area contributed by atoms with E-state index in [-0.39, 0.29) is 6.09 Å². The molecule has 0 aliphatic heterocycles. The van der Waals surface area contributed by atoms with E-state index >= 15 is 0 Å². The highest BCUT2D eigenvalue weighted by Gasteiger charge is 2.29. The normalized spacial score (nSPS) is 31.8. The molecule has 2 saturated carbocycles. The van der Waals surface area contributed by atoms with Crippen LogP contribution in [0.25, 0.3) is 0 Å². The van der Waals surface area contributed by atoms with Crippen LogP contribution in [0.2, 0.25) is 0 Å². The molecule has 0 spiro atoms. The first-order chi connectivity index (χ1) is 10.8. The van der Waals surface area contributed by atoms with Gasteiger partial charge in [0, 0.05) is 12.6 Å². The summed E-state index contributed by atoms with van der Waals surface area (Å²) in [6.07, 6.45) is 8.97. The van der Waals surface area contributed by atoms with Gasteiger partial charge in [0.05, 0.1) is 0 Å². The maximum absolute atomic E-state index is 11.8. The highest BCUT2D eigenvalue weighted by Crippen LogP contribution is 2.30. The van der Waals surface area contributed by atoms with E-state index in [1.807, 2.05) is 20.8 Å². The van der Waals surface area contributed by atoms with E-state index in [0.29, 0.717) is 12.0 Å². The van der Waals surface area contributed by atoms with Crippen molar-refractivity contribution in [1.29, 1.82) is 0 Å². The van der Waals surface area contributed by atoms with Crippen molar-refractivity contribution in [3.63, 3.8) is 0 Å².